The third-order valence-electron chi connectivity index (χ3n) is 3.04. The molecule has 2 N–H and O–H groups in total. The topological polar surface area (TPSA) is 83.5 Å². The van der Waals surface area contributed by atoms with Crippen molar-refractivity contribution >= 4 is 15.7 Å². The van der Waals surface area contributed by atoms with E-state index in [1.165, 1.54) is 12.1 Å². The number of hydrogen-bond acceptors (Lipinski definition) is 4. The van der Waals surface area contributed by atoms with Gasteiger partial charge in [-0.05, 0) is 24.5 Å². The summed E-state index contributed by atoms with van der Waals surface area (Å²) in [5.41, 5.74) is 0. The maximum atomic E-state index is 12.0. The Bertz CT molecular complexity index is 540. The number of rotatable bonds is 8. The van der Waals surface area contributed by atoms with Crippen LogP contribution in [-0.2, 0) is 14.6 Å². The van der Waals surface area contributed by atoms with Crippen molar-refractivity contribution in [1.82, 2.24) is 5.32 Å². The number of benzene rings is 1. The molecule has 0 heterocycles. The zero-order valence-corrected chi connectivity index (χ0v) is 13.3. The first-order chi connectivity index (χ1) is 9.85. The molecular weight excluding hydrogens is 290 g/mol. The molecule has 1 amide bonds. The predicted octanol–water partition coefficient (Wildman–Crippen LogP) is 1.37. The molecular formula is C15H23NO4S. The van der Waals surface area contributed by atoms with Gasteiger partial charge in [0.15, 0.2) is 9.84 Å². The van der Waals surface area contributed by atoms with E-state index in [9.17, 15) is 18.3 Å². The van der Waals surface area contributed by atoms with Crippen LogP contribution in [0.3, 0.4) is 0 Å². The van der Waals surface area contributed by atoms with Gasteiger partial charge in [0, 0.05) is 6.42 Å². The zero-order valence-electron chi connectivity index (χ0n) is 12.5. The van der Waals surface area contributed by atoms with Crippen molar-refractivity contribution in [3.8, 4) is 0 Å². The Morgan fingerprint density at radius 3 is 2.38 bits per heavy atom. The molecule has 0 bridgehead atoms. The first-order valence-corrected chi connectivity index (χ1v) is 8.68. The summed E-state index contributed by atoms with van der Waals surface area (Å²) in [5, 5.41) is 11.9. The van der Waals surface area contributed by atoms with E-state index in [1.54, 1.807) is 18.2 Å². The van der Waals surface area contributed by atoms with Crippen molar-refractivity contribution in [2.45, 2.75) is 37.6 Å². The lowest BCUT2D eigenvalue weighted by molar-refractivity contribution is -0.121. The Labute approximate surface area is 126 Å². The van der Waals surface area contributed by atoms with Crippen LogP contribution < -0.4 is 5.32 Å². The van der Waals surface area contributed by atoms with Crippen LogP contribution in [0.4, 0.5) is 0 Å². The molecule has 118 valence electrons. The van der Waals surface area contributed by atoms with Crippen LogP contribution in [0.2, 0.25) is 0 Å². The number of sulfone groups is 1. The Kier molecular flexibility index (Phi) is 6.84. The molecule has 6 heteroatoms. The van der Waals surface area contributed by atoms with Crippen molar-refractivity contribution < 1.29 is 18.3 Å². The summed E-state index contributed by atoms with van der Waals surface area (Å²) in [4.78, 5) is 12.0. The minimum absolute atomic E-state index is 0.105. The number of carbonyl (C=O) groups is 1. The van der Waals surface area contributed by atoms with Gasteiger partial charge in [-0.1, -0.05) is 32.0 Å². The van der Waals surface area contributed by atoms with E-state index in [-0.39, 0.29) is 35.6 Å². The lowest BCUT2D eigenvalue weighted by Crippen LogP contribution is -2.39. The largest absolute Gasteiger partial charge is 0.394 e. The first kappa shape index (κ1) is 17.7. The van der Waals surface area contributed by atoms with Gasteiger partial charge < -0.3 is 10.4 Å². The fourth-order valence-electron chi connectivity index (χ4n) is 2.02. The van der Waals surface area contributed by atoms with E-state index in [2.05, 4.69) is 5.32 Å². The Hall–Kier alpha value is -1.40. The maximum Gasteiger partial charge on any atom is 0.221 e. The summed E-state index contributed by atoms with van der Waals surface area (Å²) in [5.74, 6) is -0.243. The fraction of sp³-hybridized carbons (Fsp3) is 0.533. The second-order valence-corrected chi connectivity index (χ2v) is 7.57. The van der Waals surface area contributed by atoms with Crippen molar-refractivity contribution in [2.24, 2.45) is 5.92 Å². The third kappa shape index (κ3) is 6.27. The molecule has 1 atom stereocenters. The summed E-state index contributed by atoms with van der Waals surface area (Å²) in [7, 11) is -3.44. The van der Waals surface area contributed by atoms with Gasteiger partial charge in [0.1, 0.15) is 0 Å². The molecule has 1 aromatic carbocycles. The second-order valence-electron chi connectivity index (χ2n) is 5.46. The monoisotopic (exact) mass is 313 g/mol. The number of nitrogens with one attached hydrogen (secondary N) is 1. The highest BCUT2D eigenvalue weighted by Gasteiger charge is 2.18. The van der Waals surface area contributed by atoms with E-state index in [0.29, 0.717) is 12.3 Å². The Balaban J connectivity index is 2.53. The van der Waals surface area contributed by atoms with Gasteiger partial charge in [-0.25, -0.2) is 8.42 Å². The lowest BCUT2D eigenvalue weighted by Gasteiger charge is -2.18. The number of amides is 1. The number of carbonyl (C=O) groups excluding carboxylic acids is 1. The lowest BCUT2D eigenvalue weighted by atomic mass is 10.0. The SMILES string of the molecule is CC(C)CC(CO)NC(=O)CCS(=O)(=O)c1ccccc1. The van der Waals surface area contributed by atoms with E-state index < -0.39 is 9.84 Å². The average Bonchev–Trinajstić information content (AvgIpc) is 2.45. The minimum Gasteiger partial charge on any atom is -0.394 e. The molecule has 1 rings (SSSR count). The summed E-state index contributed by atoms with van der Waals surface area (Å²) in [6.45, 7) is 3.85. The quantitative estimate of drug-likeness (QED) is 0.759. The van der Waals surface area contributed by atoms with Gasteiger partial charge in [0.05, 0.1) is 23.3 Å². The molecule has 0 radical (unpaired) electrons. The zero-order chi connectivity index (χ0) is 15.9. The molecule has 0 aliphatic carbocycles. The van der Waals surface area contributed by atoms with Crippen molar-refractivity contribution in [3.63, 3.8) is 0 Å². The average molecular weight is 313 g/mol. The Morgan fingerprint density at radius 1 is 1.24 bits per heavy atom. The van der Waals surface area contributed by atoms with Gasteiger partial charge >= 0.3 is 0 Å². The molecule has 1 unspecified atom stereocenters. The maximum absolute atomic E-state index is 12.0. The normalized spacial score (nSPS) is 13.1. The molecule has 0 spiro atoms. The van der Waals surface area contributed by atoms with Crippen molar-refractivity contribution in [3.05, 3.63) is 30.3 Å². The second kappa shape index (κ2) is 8.14. The molecule has 0 aliphatic heterocycles. The molecule has 5 nitrogen and oxygen atoms in total. The minimum atomic E-state index is -3.44. The van der Waals surface area contributed by atoms with Crippen molar-refractivity contribution in [2.75, 3.05) is 12.4 Å². The summed E-state index contributed by atoms with van der Waals surface area (Å²) < 4.78 is 24.1. The van der Waals surface area contributed by atoms with Crippen molar-refractivity contribution in [1.29, 1.82) is 0 Å². The molecule has 0 saturated heterocycles. The number of aliphatic hydroxyl groups is 1. The molecule has 0 aliphatic rings. The predicted molar refractivity (Wildman–Crippen MR) is 81.6 cm³/mol. The van der Waals surface area contributed by atoms with E-state index in [4.69, 9.17) is 0 Å². The van der Waals surface area contributed by atoms with Crippen LogP contribution >= 0.6 is 0 Å². The number of aliphatic hydroxyl groups excluding tert-OH is 1. The smallest absolute Gasteiger partial charge is 0.221 e. The van der Waals surface area contributed by atoms with Gasteiger partial charge in [-0.2, -0.15) is 0 Å². The molecule has 1 aromatic rings. The molecule has 0 fully saturated rings. The molecule has 0 saturated carbocycles. The first-order valence-electron chi connectivity index (χ1n) is 7.03. The Morgan fingerprint density at radius 2 is 1.86 bits per heavy atom. The van der Waals surface area contributed by atoms with Gasteiger partial charge in [0.25, 0.3) is 0 Å². The van der Waals surface area contributed by atoms with Gasteiger partial charge in [-0.15, -0.1) is 0 Å². The molecule has 21 heavy (non-hydrogen) atoms. The van der Waals surface area contributed by atoms with Crippen LogP contribution in [0.5, 0.6) is 0 Å². The highest BCUT2D eigenvalue weighted by atomic mass is 32.2. The highest BCUT2D eigenvalue weighted by Crippen LogP contribution is 2.11. The summed E-state index contributed by atoms with van der Waals surface area (Å²) in [6, 6.07) is 7.75. The van der Waals surface area contributed by atoms with Crippen LogP contribution in [0.1, 0.15) is 26.7 Å². The fourth-order valence-corrected chi connectivity index (χ4v) is 3.28. The summed E-state index contributed by atoms with van der Waals surface area (Å²) >= 11 is 0. The van der Waals surface area contributed by atoms with E-state index >= 15 is 0 Å². The van der Waals surface area contributed by atoms with Gasteiger partial charge in [-0.3, -0.25) is 4.79 Å². The van der Waals surface area contributed by atoms with Crippen LogP contribution in [0.15, 0.2) is 35.2 Å². The van der Waals surface area contributed by atoms with Gasteiger partial charge in [0.2, 0.25) is 5.91 Å². The highest BCUT2D eigenvalue weighted by molar-refractivity contribution is 7.91. The van der Waals surface area contributed by atoms with E-state index in [0.717, 1.165) is 0 Å². The number of hydrogen-bond donors (Lipinski definition) is 2. The summed E-state index contributed by atoms with van der Waals surface area (Å²) in [6.07, 6.45) is 0.555. The van der Waals surface area contributed by atoms with Crippen LogP contribution in [0, 0.1) is 5.92 Å². The molecule has 0 aromatic heterocycles. The third-order valence-corrected chi connectivity index (χ3v) is 4.77. The van der Waals surface area contributed by atoms with Crippen LogP contribution in [-0.4, -0.2) is 37.8 Å². The standard InChI is InChI=1S/C15H23NO4S/c1-12(2)10-13(11-17)16-15(18)8-9-21(19,20)14-6-4-3-5-7-14/h3-7,12-13,17H,8-11H2,1-2H3,(H,16,18). The van der Waals surface area contributed by atoms with Crippen LogP contribution in [0.25, 0.3) is 0 Å². The van der Waals surface area contributed by atoms with E-state index in [1.807, 2.05) is 13.8 Å².